The fraction of sp³-hybridized carbons (Fsp3) is 0.458. The van der Waals surface area contributed by atoms with E-state index in [4.69, 9.17) is 4.74 Å². The van der Waals surface area contributed by atoms with Crippen LogP contribution in [0.3, 0.4) is 0 Å². The molecular formula is C24H26N6O3. The summed E-state index contributed by atoms with van der Waals surface area (Å²) in [6, 6.07) is 11.1. The van der Waals surface area contributed by atoms with Crippen molar-refractivity contribution < 1.29 is 14.3 Å². The van der Waals surface area contributed by atoms with Crippen molar-refractivity contribution in [3.63, 3.8) is 0 Å². The number of nitrogens with zero attached hydrogens (tertiary/aromatic N) is 5. The number of nitrogens with one attached hydrogen (secondary N) is 1. The van der Waals surface area contributed by atoms with Gasteiger partial charge in [0.15, 0.2) is 0 Å². The Bertz CT molecular complexity index is 1110. The van der Waals surface area contributed by atoms with Crippen LogP contribution in [0.25, 0.3) is 0 Å². The summed E-state index contributed by atoms with van der Waals surface area (Å²) in [5.41, 5.74) is 0.444. The zero-order valence-corrected chi connectivity index (χ0v) is 18.5. The van der Waals surface area contributed by atoms with E-state index in [9.17, 15) is 14.9 Å². The van der Waals surface area contributed by atoms with Crippen LogP contribution in [0, 0.1) is 22.7 Å². The summed E-state index contributed by atoms with van der Waals surface area (Å²) < 4.78 is 5.34. The zero-order valence-electron chi connectivity index (χ0n) is 18.5. The van der Waals surface area contributed by atoms with Crippen LogP contribution >= 0.6 is 0 Å². The lowest BCUT2D eigenvalue weighted by Crippen LogP contribution is -2.35. The Balaban J connectivity index is 1.26. The lowest BCUT2D eigenvalue weighted by Gasteiger charge is -2.20. The zero-order chi connectivity index (χ0) is 23.0. The molecule has 3 heterocycles. The highest BCUT2D eigenvalue weighted by Crippen LogP contribution is 2.51. The molecule has 0 unspecified atom stereocenters. The van der Waals surface area contributed by atoms with Gasteiger partial charge in [0.25, 0.3) is 5.91 Å². The molecule has 2 aliphatic heterocycles. The largest absolute Gasteiger partial charge is 0.380 e. The monoisotopic (exact) mass is 446 g/mol. The number of amides is 2. The van der Waals surface area contributed by atoms with Crippen LogP contribution in [-0.4, -0.2) is 59.5 Å². The SMILES string of the molecule is CO[C@H]1CCN(C(=O)c2ccc(Nc3nccc(N4CC[C@@](C#N)(C5CC5)C4=O)n3)cc2)C1. The molecule has 1 N–H and O–H groups in total. The van der Waals surface area contributed by atoms with Gasteiger partial charge in [-0.25, -0.2) is 4.98 Å². The highest BCUT2D eigenvalue weighted by Gasteiger charge is 2.57. The Kier molecular flexibility index (Phi) is 5.46. The number of nitriles is 1. The molecule has 170 valence electrons. The molecule has 5 rings (SSSR count). The average Bonchev–Trinajstić information content (AvgIpc) is 3.48. The number of rotatable bonds is 6. The first kappa shape index (κ1) is 21.3. The lowest BCUT2D eigenvalue weighted by atomic mass is 9.83. The van der Waals surface area contributed by atoms with Crippen LogP contribution in [0.1, 0.15) is 36.0 Å². The van der Waals surface area contributed by atoms with Gasteiger partial charge in [0.05, 0.1) is 12.2 Å². The first-order valence-electron chi connectivity index (χ1n) is 11.3. The molecule has 1 aromatic carbocycles. The van der Waals surface area contributed by atoms with Crippen LogP contribution in [0.4, 0.5) is 17.5 Å². The Hall–Kier alpha value is -3.51. The molecule has 33 heavy (non-hydrogen) atoms. The number of likely N-dealkylation sites (tertiary alicyclic amines) is 1. The van der Waals surface area contributed by atoms with Crippen molar-refractivity contribution in [3.05, 3.63) is 42.1 Å². The van der Waals surface area contributed by atoms with E-state index >= 15 is 0 Å². The van der Waals surface area contributed by atoms with Crippen LogP contribution < -0.4 is 10.2 Å². The van der Waals surface area contributed by atoms with Crippen molar-refractivity contribution in [1.82, 2.24) is 14.9 Å². The quantitative estimate of drug-likeness (QED) is 0.726. The molecule has 1 aliphatic carbocycles. The van der Waals surface area contributed by atoms with Crippen molar-refractivity contribution in [2.45, 2.75) is 31.8 Å². The number of ether oxygens (including phenoxy) is 1. The van der Waals surface area contributed by atoms with Crippen LogP contribution in [0.15, 0.2) is 36.5 Å². The summed E-state index contributed by atoms with van der Waals surface area (Å²) in [4.78, 5) is 37.9. The summed E-state index contributed by atoms with van der Waals surface area (Å²) in [7, 11) is 1.67. The average molecular weight is 447 g/mol. The van der Waals surface area contributed by atoms with Crippen molar-refractivity contribution in [3.8, 4) is 6.07 Å². The van der Waals surface area contributed by atoms with Gasteiger partial charge in [0.1, 0.15) is 11.2 Å². The van der Waals surface area contributed by atoms with E-state index < -0.39 is 5.41 Å². The lowest BCUT2D eigenvalue weighted by molar-refractivity contribution is -0.123. The van der Waals surface area contributed by atoms with Crippen LogP contribution in [0.2, 0.25) is 0 Å². The minimum Gasteiger partial charge on any atom is -0.380 e. The van der Waals surface area contributed by atoms with E-state index in [0.29, 0.717) is 43.4 Å². The maximum absolute atomic E-state index is 13.0. The van der Waals surface area contributed by atoms with Crippen molar-refractivity contribution in [2.75, 3.05) is 37.0 Å². The van der Waals surface area contributed by atoms with Gasteiger partial charge in [0.2, 0.25) is 11.9 Å². The van der Waals surface area contributed by atoms with Gasteiger partial charge in [0, 0.05) is 44.2 Å². The van der Waals surface area contributed by atoms with Crippen LogP contribution in [0.5, 0.6) is 0 Å². The molecule has 2 aromatic rings. The standard InChI is InChI=1S/C24H26N6O3/c1-33-19-9-12-29(14-19)21(31)16-2-6-18(7-3-16)27-23-26-11-8-20(28-23)30-13-10-24(15-25,22(30)32)17-4-5-17/h2-3,6-8,11,17,19H,4-5,9-10,12-14H2,1H3,(H,26,27,28)/t19-,24+/m0/s1. The number of carbonyl (C=O) groups excluding carboxylic acids is 2. The third-order valence-electron chi connectivity index (χ3n) is 6.90. The van der Waals surface area contributed by atoms with Gasteiger partial charge in [-0.2, -0.15) is 10.2 Å². The molecular weight excluding hydrogens is 420 g/mol. The molecule has 3 aliphatic rings. The Labute approximate surface area is 192 Å². The Morgan fingerprint density at radius 2 is 2.00 bits per heavy atom. The topological polar surface area (TPSA) is 111 Å². The minimum atomic E-state index is -0.903. The summed E-state index contributed by atoms with van der Waals surface area (Å²) >= 11 is 0. The molecule has 1 saturated carbocycles. The number of hydrogen-bond donors (Lipinski definition) is 1. The third-order valence-corrected chi connectivity index (χ3v) is 6.90. The minimum absolute atomic E-state index is 0.0106. The van der Waals surface area contributed by atoms with Gasteiger partial charge in [-0.1, -0.05) is 0 Å². The van der Waals surface area contributed by atoms with Gasteiger partial charge < -0.3 is 15.0 Å². The molecule has 1 aromatic heterocycles. The van der Waals surface area contributed by atoms with E-state index in [1.54, 1.807) is 41.3 Å². The molecule has 2 atom stereocenters. The summed E-state index contributed by atoms with van der Waals surface area (Å²) in [6.07, 6.45) is 4.96. The number of carbonyl (C=O) groups is 2. The molecule has 9 heteroatoms. The maximum Gasteiger partial charge on any atom is 0.253 e. The van der Waals surface area contributed by atoms with Gasteiger partial charge >= 0.3 is 0 Å². The normalized spacial score (nSPS) is 24.7. The Morgan fingerprint density at radius 1 is 1.21 bits per heavy atom. The highest BCUT2D eigenvalue weighted by atomic mass is 16.5. The molecule has 2 amide bonds. The van der Waals surface area contributed by atoms with Crippen molar-refractivity contribution in [2.24, 2.45) is 11.3 Å². The number of benzene rings is 1. The number of aromatic nitrogens is 2. The summed E-state index contributed by atoms with van der Waals surface area (Å²) in [5.74, 6) is 0.842. The van der Waals surface area contributed by atoms with E-state index in [1.807, 2.05) is 12.1 Å². The number of anilines is 3. The fourth-order valence-electron chi connectivity index (χ4n) is 4.78. The number of methoxy groups -OCH3 is 1. The second-order valence-corrected chi connectivity index (χ2v) is 8.90. The number of hydrogen-bond acceptors (Lipinski definition) is 7. The summed E-state index contributed by atoms with van der Waals surface area (Å²) in [6.45, 7) is 1.79. The van der Waals surface area contributed by atoms with Crippen molar-refractivity contribution in [1.29, 1.82) is 5.26 Å². The maximum atomic E-state index is 13.0. The van der Waals surface area contributed by atoms with Crippen LogP contribution in [-0.2, 0) is 9.53 Å². The third kappa shape index (κ3) is 3.91. The van der Waals surface area contributed by atoms with Gasteiger partial charge in [-0.05, 0) is 61.9 Å². The smallest absolute Gasteiger partial charge is 0.253 e. The van der Waals surface area contributed by atoms with E-state index in [1.165, 1.54) is 0 Å². The molecule has 0 radical (unpaired) electrons. The molecule has 9 nitrogen and oxygen atoms in total. The second kappa shape index (κ2) is 8.45. The first-order valence-corrected chi connectivity index (χ1v) is 11.3. The molecule has 2 saturated heterocycles. The molecule has 0 spiro atoms. The predicted octanol–water partition coefficient (Wildman–Crippen LogP) is 2.74. The highest BCUT2D eigenvalue weighted by molar-refractivity contribution is 6.01. The van der Waals surface area contributed by atoms with E-state index in [2.05, 4.69) is 21.4 Å². The predicted molar refractivity (Wildman–Crippen MR) is 121 cm³/mol. The summed E-state index contributed by atoms with van der Waals surface area (Å²) in [5, 5.41) is 12.8. The Morgan fingerprint density at radius 3 is 2.67 bits per heavy atom. The van der Waals surface area contributed by atoms with E-state index in [0.717, 1.165) is 24.9 Å². The van der Waals surface area contributed by atoms with Crippen molar-refractivity contribution >= 4 is 29.3 Å². The fourth-order valence-corrected chi connectivity index (χ4v) is 4.78. The van der Waals surface area contributed by atoms with E-state index in [-0.39, 0.29) is 23.8 Å². The molecule has 0 bridgehead atoms. The molecule has 3 fully saturated rings. The van der Waals surface area contributed by atoms with Gasteiger partial charge in [-0.3, -0.25) is 14.5 Å². The first-order chi connectivity index (χ1) is 16.0. The van der Waals surface area contributed by atoms with Gasteiger partial charge in [-0.15, -0.1) is 0 Å². The second-order valence-electron chi connectivity index (χ2n) is 8.90.